The van der Waals surface area contributed by atoms with Crippen molar-refractivity contribution >= 4 is 38.2 Å². The van der Waals surface area contributed by atoms with Gasteiger partial charge in [0.2, 0.25) is 0 Å². The minimum Gasteiger partial charge on any atom is -0.396 e. The van der Waals surface area contributed by atoms with E-state index in [-0.39, 0.29) is 6.04 Å². The summed E-state index contributed by atoms with van der Waals surface area (Å²) in [5.41, 5.74) is 8.56. The molecule has 1 unspecified atom stereocenters. The van der Waals surface area contributed by atoms with Crippen LogP contribution in [0.4, 0.5) is 11.4 Å². The molecule has 3 N–H and O–H groups in total. The number of nitrogens with zero attached hydrogens (tertiary/aromatic N) is 1. The van der Waals surface area contributed by atoms with E-state index in [2.05, 4.69) is 33.2 Å². The lowest BCUT2D eigenvalue weighted by atomic mass is 10.1. The van der Waals surface area contributed by atoms with Crippen molar-refractivity contribution in [3.05, 3.63) is 28.9 Å². The molecule has 1 atom stereocenters. The Bertz CT molecular complexity index is 569. The number of halogens is 1. The minimum absolute atomic E-state index is 0.233. The van der Waals surface area contributed by atoms with Crippen LogP contribution in [0, 0.1) is 0 Å². The number of nitrogens with two attached hydrogens (primary N) is 1. The van der Waals surface area contributed by atoms with E-state index < -0.39 is 0 Å². The number of aromatic nitrogens is 1. The van der Waals surface area contributed by atoms with Crippen molar-refractivity contribution in [1.29, 1.82) is 0 Å². The minimum atomic E-state index is 0.233. The van der Waals surface area contributed by atoms with Crippen molar-refractivity contribution < 1.29 is 4.74 Å². The molecule has 2 aromatic rings. The molecular formula is C14H18BrN3O. The summed E-state index contributed by atoms with van der Waals surface area (Å²) in [4.78, 5) is 4.34. The maximum atomic E-state index is 6.05. The summed E-state index contributed by atoms with van der Waals surface area (Å²) in [5.74, 6) is 0. The second-order valence-electron chi connectivity index (χ2n) is 4.45. The van der Waals surface area contributed by atoms with Crippen molar-refractivity contribution in [2.24, 2.45) is 0 Å². The number of rotatable bonds is 5. The molecule has 1 aromatic carbocycles. The molecule has 102 valence electrons. The highest BCUT2D eigenvalue weighted by Crippen LogP contribution is 2.30. The Morgan fingerprint density at radius 1 is 1.47 bits per heavy atom. The lowest BCUT2D eigenvalue weighted by Gasteiger charge is -2.20. The molecule has 1 aromatic heterocycles. The van der Waals surface area contributed by atoms with Crippen LogP contribution >= 0.6 is 15.9 Å². The SMILES string of the molecule is CCC(COC)Nc1c(N)cnc2ccc(Br)cc12. The highest BCUT2D eigenvalue weighted by atomic mass is 79.9. The number of methoxy groups -OCH3 is 1. The van der Waals surface area contributed by atoms with Gasteiger partial charge in [-0.15, -0.1) is 0 Å². The number of nitrogen functional groups attached to an aromatic ring is 1. The number of fused-ring (bicyclic) bond motifs is 1. The normalized spacial score (nSPS) is 12.6. The third kappa shape index (κ3) is 3.16. The predicted molar refractivity (Wildman–Crippen MR) is 83.4 cm³/mol. The van der Waals surface area contributed by atoms with Crippen LogP contribution in [-0.2, 0) is 4.74 Å². The third-order valence-electron chi connectivity index (χ3n) is 3.07. The summed E-state index contributed by atoms with van der Waals surface area (Å²) < 4.78 is 6.22. The summed E-state index contributed by atoms with van der Waals surface area (Å²) in [6.07, 6.45) is 2.66. The lowest BCUT2D eigenvalue weighted by molar-refractivity contribution is 0.184. The van der Waals surface area contributed by atoms with Gasteiger partial charge in [0, 0.05) is 23.0 Å². The summed E-state index contributed by atoms with van der Waals surface area (Å²) in [6.45, 7) is 2.76. The first-order valence-electron chi connectivity index (χ1n) is 6.25. The number of anilines is 2. The van der Waals surface area contributed by atoms with Gasteiger partial charge in [0.05, 0.1) is 29.7 Å². The van der Waals surface area contributed by atoms with Crippen molar-refractivity contribution in [3.63, 3.8) is 0 Å². The number of pyridine rings is 1. The van der Waals surface area contributed by atoms with Gasteiger partial charge in [-0.2, -0.15) is 0 Å². The fourth-order valence-corrected chi connectivity index (χ4v) is 2.37. The average Bonchev–Trinajstić information content (AvgIpc) is 2.41. The molecule has 0 saturated heterocycles. The van der Waals surface area contributed by atoms with E-state index in [1.807, 2.05) is 18.2 Å². The van der Waals surface area contributed by atoms with Crippen LogP contribution in [0.3, 0.4) is 0 Å². The first-order valence-corrected chi connectivity index (χ1v) is 7.04. The summed E-state index contributed by atoms with van der Waals surface area (Å²) in [7, 11) is 1.70. The van der Waals surface area contributed by atoms with E-state index in [9.17, 15) is 0 Å². The zero-order chi connectivity index (χ0) is 13.8. The molecule has 5 heteroatoms. The molecule has 0 bridgehead atoms. The zero-order valence-corrected chi connectivity index (χ0v) is 12.7. The zero-order valence-electron chi connectivity index (χ0n) is 11.1. The second-order valence-corrected chi connectivity index (χ2v) is 5.37. The summed E-state index contributed by atoms with van der Waals surface area (Å²) in [6, 6.07) is 6.21. The largest absolute Gasteiger partial charge is 0.396 e. The molecular weight excluding hydrogens is 306 g/mol. The Morgan fingerprint density at radius 3 is 2.95 bits per heavy atom. The molecule has 0 radical (unpaired) electrons. The number of ether oxygens (including phenoxy) is 1. The fourth-order valence-electron chi connectivity index (χ4n) is 2.01. The van der Waals surface area contributed by atoms with Gasteiger partial charge in [-0.05, 0) is 24.6 Å². The van der Waals surface area contributed by atoms with Gasteiger partial charge < -0.3 is 15.8 Å². The number of hydrogen-bond acceptors (Lipinski definition) is 4. The fraction of sp³-hybridized carbons (Fsp3) is 0.357. The van der Waals surface area contributed by atoms with Gasteiger partial charge in [0.25, 0.3) is 0 Å². The van der Waals surface area contributed by atoms with Crippen LogP contribution in [0.5, 0.6) is 0 Å². The Kier molecular flexibility index (Phi) is 4.61. The van der Waals surface area contributed by atoms with E-state index >= 15 is 0 Å². The van der Waals surface area contributed by atoms with Gasteiger partial charge in [-0.25, -0.2) is 0 Å². The van der Waals surface area contributed by atoms with E-state index in [0.29, 0.717) is 12.3 Å². The van der Waals surface area contributed by atoms with E-state index in [0.717, 1.165) is 27.5 Å². The summed E-state index contributed by atoms with van der Waals surface area (Å²) in [5, 5.41) is 4.47. The molecule has 0 aliphatic carbocycles. The smallest absolute Gasteiger partial charge is 0.0743 e. The number of benzene rings is 1. The topological polar surface area (TPSA) is 60.2 Å². The average molecular weight is 324 g/mol. The molecule has 0 amide bonds. The Hall–Kier alpha value is -1.33. The van der Waals surface area contributed by atoms with Gasteiger partial charge in [0.1, 0.15) is 0 Å². The Morgan fingerprint density at radius 2 is 2.26 bits per heavy atom. The molecule has 19 heavy (non-hydrogen) atoms. The van der Waals surface area contributed by atoms with Crippen LogP contribution in [0.2, 0.25) is 0 Å². The van der Waals surface area contributed by atoms with Crippen LogP contribution in [0.25, 0.3) is 10.9 Å². The Labute approximate surface area is 121 Å². The van der Waals surface area contributed by atoms with E-state index in [1.165, 1.54) is 0 Å². The molecule has 1 heterocycles. The molecule has 2 rings (SSSR count). The number of nitrogens with one attached hydrogen (secondary N) is 1. The van der Waals surface area contributed by atoms with Crippen molar-refractivity contribution in [2.75, 3.05) is 24.8 Å². The van der Waals surface area contributed by atoms with Crippen molar-refractivity contribution in [3.8, 4) is 0 Å². The number of hydrogen-bond donors (Lipinski definition) is 2. The Balaban J connectivity index is 2.45. The monoisotopic (exact) mass is 323 g/mol. The van der Waals surface area contributed by atoms with Gasteiger partial charge in [-0.1, -0.05) is 22.9 Å². The molecule has 0 saturated carbocycles. The first kappa shape index (κ1) is 14.1. The highest BCUT2D eigenvalue weighted by Gasteiger charge is 2.12. The standard InChI is InChI=1S/C14H18BrN3O/c1-3-10(8-19-2)18-14-11-6-9(15)4-5-13(11)17-7-12(14)16/h4-7,10H,3,8,16H2,1-2H3,(H,17,18). The van der Waals surface area contributed by atoms with Gasteiger partial charge in [0.15, 0.2) is 0 Å². The molecule has 0 spiro atoms. The highest BCUT2D eigenvalue weighted by molar-refractivity contribution is 9.10. The lowest BCUT2D eigenvalue weighted by Crippen LogP contribution is -2.24. The van der Waals surface area contributed by atoms with Crippen molar-refractivity contribution in [2.45, 2.75) is 19.4 Å². The van der Waals surface area contributed by atoms with Gasteiger partial charge in [-0.3, -0.25) is 4.98 Å². The third-order valence-corrected chi connectivity index (χ3v) is 3.56. The van der Waals surface area contributed by atoms with Crippen LogP contribution in [-0.4, -0.2) is 24.7 Å². The van der Waals surface area contributed by atoms with Gasteiger partial charge >= 0.3 is 0 Å². The predicted octanol–water partition coefficient (Wildman–Crippen LogP) is 3.42. The second kappa shape index (κ2) is 6.21. The van der Waals surface area contributed by atoms with Crippen LogP contribution in [0.1, 0.15) is 13.3 Å². The van der Waals surface area contributed by atoms with Crippen molar-refractivity contribution in [1.82, 2.24) is 4.98 Å². The summed E-state index contributed by atoms with van der Waals surface area (Å²) >= 11 is 3.48. The maximum absolute atomic E-state index is 6.05. The van der Waals surface area contributed by atoms with Crippen LogP contribution < -0.4 is 11.1 Å². The van der Waals surface area contributed by atoms with Crippen LogP contribution in [0.15, 0.2) is 28.9 Å². The quantitative estimate of drug-likeness (QED) is 0.885. The molecule has 0 aliphatic rings. The molecule has 0 fully saturated rings. The maximum Gasteiger partial charge on any atom is 0.0743 e. The molecule has 4 nitrogen and oxygen atoms in total. The van der Waals surface area contributed by atoms with E-state index in [1.54, 1.807) is 13.3 Å². The molecule has 0 aliphatic heterocycles. The first-order chi connectivity index (χ1) is 9.15. The van der Waals surface area contributed by atoms with E-state index in [4.69, 9.17) is 10.5 Å².